The Kier molecular flexibility index (Phi) is 5.91. The van der Waals surface area contributed by atoms with Gasteiger partial charge in [-0.3, -0.25) is 9.59 Å². The van der Waals surface area contributed by atoms with Crippen molar-refractivity contribution in [3.05, 3.63) is 23.8 Å². The van der Waals surface area contributed by atoms with Gasteiger partial charge in [-0.1, -0.05) is 6.42 Å². The molecule has 2 N–H and O–H groups in total. The molecule has 2 aliphatic carbocycles. The summed E-state index contributed by atoms with van der Waals surface area (Å²) in [6, 6.07) is 6.50. The van der Waals surface area contributed by atoms with Gasteiger partial charge in [0.15, 0.2) is 0 Å². The molecule has 1 spiro atoms. The van der Waals surface area contributed by atoms with Gasteiger partial charge >= 0.3 is 0 Å². The second kappa shape index (κ2) is 8.69. The molecule has 2 amide bonds. The number of hydrogen-bond donors (Lipinski definition) is 2. The Hall–Kier alpha value is -2.08. The molecule has 2 saturated carbocycles. The molecule has 2 saturated heterocycles. The van der Waals surface area contributed by atoms with E-state index in [1.54, 1.807) is 0 Å². The van der Waals surface area contributed by atoms with Crippen molar-refractivity contribution in [3.63, 3.8) is 0 Å². The van der Waals surface area contributed by atoms with Gasteiger partial charge in [-0.25, -0.2) is 0 Å². The Morgan fingerprint density at radius 3 is 2.53 bits per heavy atom. The number of nitrogens with zero attached hydrogens (tertiary/aromatic N) is 2. The van der Waals surface area contributed by atoms with Crippen molar-refractivity contribution in [3.8, 4) is 0 Å². The highest BCUT2D eigenvalue weighted by molar-refractivity contribution is 5.93. The molecule has 6 nitrogen and oxygen atoms in total. The zero-order chi connectivity index (χ0) is 22.3. The first kappa shape index (κ1) is 21.7. The fourth-order valence-corrected chi connectivity index (χ4v) is 6.28. The fourth-order valence-electron chi connectivity index (χ4n) is 6.28. The van der Waals surface area contributed by atoms with Crippen LogP contribution in [0, 0.1) is 18.3 Å². The third-order valence-corrected chi connectivity index (χ3v) is 8.51. The van der Waals surface area contributed by atoms with Crippen LogP contribution in [0.5, 0.6) is 0 Å². The van der Waals surface area contributed by atoms with E-state index in [1.165, 1.54) is 5.69 Å². The van der Waals surface area contributed by atoms with E-state index >= 15 is 0 Å². The van der Waals surface area contributed by atoms with Crippen LogP contribution in [0.1, 0.15) is 69.8 Å². The Morgan fingerprint density at radius 2 is 1.84 bits per heavy atom. The van der Waals surface area contributed by atoms with Gasteiger partial charge < -0.3 is 20.2 Å². The number of aliphatic hydroxyl groups is 1. The number of rotatable bonds is 4. The van der Waals surface area contributed by atoms with Crippen LogP contribution in [0.15, 0.2) is 18.2 Å². The van der Waals surface area contributed by atoms with Gasteiger partial charge in [0.05, 0.1) is 11.5 Å². The number of amides is 2. The number of aliphatic hydroxyl groups excluding tert-OH is 1. The van der Waals surface area contributed by atoms with Crippen molar-refractivity contribution >= 4 is 23.2 Å². The molecule has 1 aromatic rings. The maximum absolute atomic E-state index is 13.6. The third kappa shape index (κ3) is 4.02. The van der Waals surface area contributed by atoms with Crippen LogP contribution in [0.2, 0.25) is 0 Å². The summed E-state index contributed by atoms with van der Waals surface area (Å²) >= 11 is 0. The van der Waals surface area contributed by atoms with Gasteiger partial charge in [-0.2, -0.15) is 0 Å². The van der Waals surface area contributed by atoms with E-state index in [2.05, 4.69) is 34.2 Å². The Balaban J connectivity index is 1.26. The van der Waals surface area contributed by atoms with Crippen molar-refractivity contribution in [2.45, 2.75) is 83.3 Å². The predicted molar refractivity (Wildman–Crippen MR) is 126 cm³/mol. The number of aryl methyl sites for hydroxylation is 1. The Morgan fingerprint density at radius 1 is 1.06 bits per heavy atom. The van der Waals surface area contributed by atoms with Gasteiger partial charge in [0.25, 0.3) is 0 Å². The molecule has 4 fully saturated rings. The SMILES string of the molecule is Cc1cc(NC(=O)C2CCC2)ccc1N1CCC[C@@]2(CCN(C3CCC(O)CC3)C2=O)C1. The van der Waals surface area contributed by atoms with Crippen LogP contribution < -0.4 is 10.2 Å². The van der Waals surface area contributed by atoms with Crippen LogP contribution in [-0.4, -0.2) is 53.6 Å². The van der Waals surface area contributed by atoms with Crippen LogP contribution in [-0.2, 0) is 9.59 Å². The zero-order valence-electron chi connectivity index (χ0n) is 19.3. The lowest BCUT2D eigenvalue weighted by atomic mass is 9.78. The lowest BCUT2D eigenvalue weighted by Crippen LogP contribution is -2.50. The van der Waals surface area contributed by atoms with Crippen LogP contribution in [0.25, 0.3) is 0 Å². The maximum Gasteiger partial charge on any atom is 0.230 e. The van der Waals surface area contributed by atoms with Gasteiger partial charge in [-0.05, 0) is 88.5 Å². The van der Waals surface area contributed by atoms with E-state index in [0.717, 1.165) is 95.1 Å². The highest BCUT2D eigenvalue weighted by Crippen LogP contribution is 2.44. The smallest absolute Gasteiger partial charge is 0.230 e. The van der Waals surface area contributed by atoms with Gasteiger partial charge in [0.2, 0.25) is 11.8 Å². The van der Waals surface area contributed by atoms with Crippen molar-refractivity contribution in [2.24, 2.45) is 11.3 Å². The van der Waals surface area contributed by atoms with Crippen molar-refractivity contribution in [2.75, 3.05) is 29.9 Å². The molecule has 2 aliphatic heterocycles. The summed E-state index contributed by atoms with van der Waals surface area (Å²) in [5.74, 6) is 0.665. The topological polar surface area (TPSA) is 72.9 Å². The number of piperidine rings is 1. The number of hydrogen-bond acceptors (Lipinski definition) is 4. The summed E-state index contributed by atoms with van der Waals surface area (Å²) in [5.41, 5.74) is 2.94. The first-order chi connectivity index (χ1) is 15.4. The molecule has 1 atom stereocenters. The van der Waals surface area contributed by atoms with Crippen molar-refractivity contribution < 1.29 is 14.7 Å². The molecule has 0 radical (unpaired) electrons. The molecule has 0 bridgehead atoms. The first-order valence-corrected chi connectivity index (χ1v) is 12.6. The summed E-state index contributed by atoms with van der Waals surface area (Å²) in [4.78, 5) is 30.4. The van der Waals surface area contributed by atoms with Crippen molar-refractivity contribution in [1.82, 2.24) is 4.90 Å². The average molecular weight is 440 g/mol. The summed E-state index contributed by atoms with van der Waals surface area (Å²) < 4.78 is 0. The number of anilines is 2. The molecule has 174 valence electrons. The molecule has 4 aliphatic rings. The molecule has 2 heterocycles. The van der Waals surface area contributed by atoms with Gasteiger partial charge in [0, 0.05) is 43.0 Å². The van der Waals surface area contributed by atoms with E-state index < -0.39 is 0 Å². The highest BCUT2D eigenvalue weighted by atomic mass is 16.3. The third-order valence-electron chi connectivity index (χ3n) is 8.51. The van der Waals surface area contributed by atoms with E-state index in [0.29, 0.717) is 11.9 Å². The predicted octanol–water partition coefficient (Wildman–Crippen LogP) is 3.86. The second-order valence-electron chi connectivity index (χ2n) is 10.6. The quantitative estimate of drug-likeness (QED) is 0.747. The standard InChI is InChI=1S/C26H37N3O3/c1-18-16-20(27-24(31)19-4-2-5-19)6-11-23(18)28-14-3-12-26(17-28)13-15-29(25(26)32)21-7-9-22(30)10-8-21/h6,11,16,19,21-22,30H,2-5,7-10,12-15,17H2,1H3,(H,27,31)/t21?,22?,26-/m1/s1. The Bertz CT molecular complexity index is 875. The van der Waals surface area contributed by atoms with Crippen LogP contribution >= 0.6 is 0 Å². The van der Waals surface area contributed by atoms with E-state index in [-0.39, 0.29) is 23.3 Å². The van der Waals surface area contributed by atoms with Crippen molar-refractivity contribution in [1.29, 1.82) is 0 Å². The summed E-state index contributed by atoms with van der Waals surface area (Å²) in [5, 5.41) is 12.9. The van der Waals surface area contributed by atoms with Gasteiger partial charge in [-0.15, -0.1) is 0 Å². The van der Waals surface area contributed by atoms with E-state index in [9.17, 15) is 14.7 Å². The van der Waals surface area contributed by atoms with E-state index in [4.69, 9.17) is 0 Å². The lowest BCUT2D eigenvalue weighted by molar-refractivity contribution is -0.139. The minimum absolute atomic E-state index is 0.146. The molecule has 1 aromatic carbocycles. The number of nitrogens with one attached hydrogen (secondary N) is 1. The molecular weight excluding hydrogens is 402 g/mol. The van der Waals surface area contributed by atoms with Gasteiger partial charge in [0.1, 0.15) is 0 Å². The minimum atomic E-state index is -0.266. The molecule has 32 heavy (non-hydrogen) atoms. The van der Waals surface area contributed by atoms with Crippen LogP contribution in [0.3, 0.4) is 0 Å². The number of carbonyl (C=O) groups is 2. The normalized spacial score (nSPS) is 31.1. The van der Waals surface area contributed by atoms with Crippen LogP contribution in [0.4, 0.5) is 11.4 Å². The number of carbonyl (C=O) groups excluding carboxylic acids is 2. The molecule has 6 heteroatoms. The largest absolute Gasteiger partial charge is 0.393 e. The lowest BCUT2D eigenvalue weighted by Gasteiger charge is -2.42. The molecular formula is C26H37N3O3. The first-order valence-electron chi connectivity index (χ1n) is 12.6. The highest BCUT2D eigenvalue weighted by Gasteiger charge is 2.50. The summed E-state index contributed by atoms with van der Waals surface area (Å²) in [6.45, 7) is 4.72. The molecule has 0 aromatic heterocycles. The fraction of sp³-hybridized carbons (Fsp3) is 0.692. The Labute approximate surface area is 191 Å². The minimum Gasteiger partial charge on any atom is -0.393 e. The summed E-state index contributed by atoms with van der Waals surface area (Å²) in [7, 11) is 0. The number of likely N-dealkylation sites (tertiary alicyclic amines) is 1. The molecule has 5 rings (SSSR count). The second-order valence-corrected chi connectivity index (χ2v) is 10.6. The number of benzene rings is 1. The average Bonchev–Trinajstić information content (AvgIpc) is 3.03. The monoisotopic (exact) mass is 439 g/mol. The molecule has 0 unspecified atom stereocenters. The van der Waals surface area contributed by atoms with E-state index in [1.807, 2.05) is 6.07 Å². The maximum atomic E-state index is 13.6. The summed E-state index contributed by atoms with van der Waals surface area (Å²) in [6.07, 6.45) is 9.42. The zero-order valence-corrected chi connectivity index (χ0v) is 19.3.